The van der Waals surface area contributed by atoms with E-state index in [2.05, 4.69) is 10.3 Å². The summed E-state index contributed by atoms with van der Waals surface area (Å²) in [4.78, 5) is 27.5. The van der Waals surface area contributed by atoms with Gasteiger partial charge in [0, 0.05) is 31.4 Å². The predicted molar refractivity (Wildman–Crippen MR) is 69.1 cm³/mol. The molecule has 19 heavy (non-hydrogen) atoms. The van der Waals surface area contributed by atoms with Gasteiger partial charge in [0.1, 0.15) is 5.54 Å². The van der Waals surface area contributed by atoms with Gasteiger partial charge in [0.25, 0.3) is 0 Å². The molecule has 7 heteroatoms. The lowest BCUT2D eigenvalue weighted by Crippen LogP contribution is -2.57. The van der Waals surface area contributed by atoms with Crippen LogP contribution in [0.2, 0.25) is 0 Å². The summed E-state index contributed by atoms with van der Waals surface area (Å²) in [6.07, 6.45) is 0.703. The van der Waals surface area contributed by atoms with E-state index in [4.69, 9.17) is 4.74 Å². The summed E-state index contributed by atoms with van der Waals surface area (Å²) in [5.41, 5.74) is -0.520. The SMILES string of the molecule is Cc1nc(CC(=O)NC2(C(=O)O)CCOCC2)cs1. The fraction of sp³-hybridized carbons (Fsp3) is 0.583. The van der Waals surface area contributed by atoms with Gasteiger partial charge >= 0.3 is 5.97 Å². The van der Waals surface area contributed by atoms with Gasteiger partial charge in [-0.2, -0.15) is 0 Å². The number of hydrogen-bond donors (Lipinski definition) is 2. The van der Waals surface area contributed by atoms with Gasteiger partial charge < -0.3 is 15.2 Å². The largest absolute Gasteiger partial charge is 0.480 e. The minimum atomic E-state index is -1.19. The minimum absolute atomic E-state index is 0.111. The molecule has 2 rings (SSSR count). The zero-order valence-electron chi connectivity index (χ0n) is 10.6. The second kappa shape index (κ2) is 5.66. The van der Waals surface area contributed by atoms with Gasteiger partial charge in [-0.1, -0.05) is 0 Å². The van der Waals surface area contributed by atoms with Crippen molar-refractivity contribution in [2.45, 2.75) is 31.7 Å². The van der Waals surface area contributed by atoms with Gasteiger partial charge in [0.2, 0.25) is 5.91 Å². The van der Waals surface area contributed by atoms with E-state index in [9.17, 15) is 14.7 Å². The van der Waals surface area contributed by atoms with E-state index in [0.29, 0.717) is 31.7 Å². The number of aliphatic carboxylic acids is 1. The third kappa shape index (κ3) is 3.30. The molecule has 2 heterocycles. The molecule has 0 aliphatic carbocycles. The molecule has 104 valence electrons. The second-order valence-electron chi connectivity index (χ2n) is 4.58. The number of amides is 1. The molecular formula is C12H16N2O4S. The third-order valence-corrected chi connectivity index (χ3v) is 3.97. The Kier molecular flexibility index (Phi) is 4.16. The smallest absolute Gasteiger partial charge is 0.329 e. The normalized spacial score (nSPS) is 17.9. The van der Waals surface area contributed by atoms with Crippen molar-refractivity contribution in [1.29, 1.82) is 0 Å². The highest BCUT2D eigenvalue weighted by atomic mass is 32.1. The summed E-state index contributed by atoms with van der Waals surface area (Å²) in [6, 6.07) is 0. The number of carboxylic acids is 1. The van der Waals surface area contributed by atoms with Crippen LogP contribution < -0.4 is 5.32 Å². The second-order valence-corrected chi connectivity index (χ2v) is 5.64. The van der Waals surface area contributed by atoms with Crippen LogP contribution in [-0.2, 0) is 20.7 Å². The van der Waals surface area contributed by atoms with E-state index in [1.54, 1.807) is 0 Å². The summed E-state index contributed by atoms with van der Waals surface area (Å²) in [6.45, 7) is 2.56. The monoisotopic (exact) mass is 284 g/mol. The molecule has 0 radical (unpaired) electrons. The van der Waals surface area contributed by atoms with E-state index in [1.807, 2.05) is 12.3 Å². The molecular weight excluding hydrogens is 268 g/mol. The van der Waals surface area contributed by atoms with Crippen LogP contribution >= 0.6 is 11.3 Å². The molecule has 0 unspecified atom stereocenters. The summed E-state index contributed by atoms with van der Waals surface area (Å²) in [7, 11) is 0. The summed E-state index contributed by atoms with van der Waals surface area (Å²) in [5.74, 6) is -1.31. The Labute approximate surface area is 114 Å². The Morgan fingerprint density at radius 1 is 1.53 bits per heavy atom. The maximum atomic E-state index is 11.9. The van der Waals surface area contributed by atoms with Crippen molar-refractivity contribution in [2.75, 3.05) is 13.2 Å². The molecule has 0 saturated carbocycles. The van der Waals surface area contributed by atoms with Crippen LogP contribution in [0.4, 0.5) is 0 Å². The predicted octanol–water partition coefficient (Wildman–Crippen LogP) is 0.744. The molecule has 1 aliphatic rings. The molecule has 0 spiro atoms. The topological polar surface area (TPSA) is 88.5 Å². The van der Waals surface area contributed by atoms with Gasteiger partial charge in [0.05, 0.1) is 17.1 Å². The number of nitrogens with zero attached hydrogens (tertiary/aromatic N) is 1. The average Bonchev–Trinajstić information content (AvgIpc) is 2.75. The Morgan fingerprint density at radius 2 is 2.21 bits per heavy atom. The van der Waals surface area contributed by atoms with E-state index in [0.717, 1.165) is 5.01 Å². The average molecular weight is 284 g/mol. The molecule has 1 amide bonds. The Hall–Kier alpha value is -1.47. The van der Waals surface area contributed by atoms with Crippen molar-refractivity contribution in [3.63, 3.8) is 0 Å². The zero-order chi connectivity index (χ0) is 13.9. The number of aromatic nitrogens is 1. The molecule has 0 atom stereocenters. The van der Waals surface area contributed by atoms with Gasteiger partial charge in [-0.05, 0) is 6.92 Å². The van der Waals surface area contributed by atoms with E-state index in [1.165, 1.54) is 11.3 Å². The lowest BCUT2D eigenvalue weighted by molar-refractivity contribution is -0.152. The van der Waals surface area contributed by atoms with Crippen molar-refractivity contribution >= 4 is 23.2 Å². The summed E-state index contributed by atoms with van der Waals surface area (Å²) >= 11 is 1.47. The highest BCUT2D eigenvalue weighted by Crippen LogP contribution is 2.21. The van der Waals surface area contributed by atoms with Crippen molar-refractivity contribution < 1.29 is 19.4 Å². The van der Waals surface area contributed by atoms with Crippen LogP contribution in [0, 0.1) is 6.92 Å². The first-order valence-corrected chi connectivity index (χ1v) is 6.93. The van der Waals surface area contributed by atoms with E-state index in [-0.39, 0.29) is 12.3 Å². The molecule has 1 saturated heterocycles. The van der Waals surface area contributed by atoms with Crippen LogP contribution in [0.25, 0.3) is 0 Å². The summed E-state index contributed by atoms with van der Waals surface area (Å²) in [5, 5.41) is 14.7. The van der Waals surface area contributed by atoms with Gasteiger partial charge in [-0.25, -0.2) is 9.78 Å². The van der Waals surface area contributed by atoms with Gasteiger partial charge in [0.15, 0.2) is 0 Å². The van der Waals surface area contributed by atoms with Crippen LogP contribution in [0.15, 0.2) is 5.38 Å². The Bertz CT molecular complexity index is 480. The van der Waals surface area contributed by atoms with Gasteiger partial charge in [-0.3, -0.25) is 4.79 Å². The number of aryl methyl sites for hydroxylation is 1. The van der Waals surface area contributed by atoms with Crippen molar-refractivity contribution in [3.05, 3.63) is 16.1 Å². The van der Waals surface area contributed by atoms with Crippen LogP contribution in [-0.4, -0.2) is 40.7 Å². The first-order chi connectivity index (χ1) is 9.02. The fourth-order valence-corrected chi connectivity index (χ4v) is 2.69. The standard InChI is InChI=1S/C12H16N2O4S/c1-8-13-9(7-19-8)6-10(15)14-12(11(16)17)2-4-18-5-3-12/h7H,2-6H2,1H3,(H,14,15)(H,16,17). The molecule has 6 nitrogen and oxygen atoms in total. The first-order valence-electron chi connectivity index (χ1n) is 6.05. The van der Waals surface area contributed by atoms with Crippen molar-refractivity contribution in [2.24, 2.45) is 0 Å². The molecule has 1 aromatic heterocycles. The highest BCUT2D eigenvalue weighted by molar-refractivity contribution is 7.09. The molecule has 0 aromatic carbocycles. The molecule has 0 bridgehead atoms. The summed E-state index contributed by atoms with van der Waals surface area (Å²) < 4.78 is 5.15. The molecule has 1 fully saturated rings. The van der Waals surface area contributed by atoms with E-state index >= 15 is 0 Å². The molecule has 2 N–H and O–H groups in total. The lowest BCUT2D eigenvalue weighted by Gasteiger charge is -2.33. The lowest BCUT2D eigenvalue weighted by atomic mass is 9.90. The molecule has 1 aromatic rings. The number of carbonyl (C=O) groups excluding carboxylic acids is 1. The molecule has 1 aliphatic heterocycles. The number of thiazole rings is 1. The zero-order valence-corrected chi connectivity index (χ0v) is 11.5. The maximum Gasteiger partial charge on any atom is 0.329 e. The number of nitrogens with one attached hydrogen (secondary N) is 1. The quantitative estimate of drug-likeness (QED) is 0.851. The Balaban J connectivity index is 2.01. The third-order valence-electron chi connectivity index (χ3n) is 3.14. The first kappa shape index (κ1) is 14.0. The number of rotatable bonds is 4. The number of ether oxygens (including phenoxy) is 1. The van der Waals surface area contributed by atoms with Crippen molar-refractivity contribution in [1.82, 2.24) is 10.3 Å². The van der Waals surface area contributed by atoms with Crippen LogP contribution in [0.1, 0.15) is 23.5 Å². The fourth-order valence-electron chi connectivity index (χ4n) is 2.08. The number of carbonyl (C=O) groups is 2. The number of hydrogen-bond acceptors (Lipinski definition) is 5. The van der Waals surface area contributed by atoms with Gasteiger partial charge in [-0.15, -0.1) is 11.3 Å². The van der Waals surface area contributed by atoms with Crippen LogP contribution in [0.5, 0.6) is 0 Å². The number of carboxylic acid groups (broad SMARTS) is 1. The Morgan fingerprint density at radius 3 is 2.74 bits per heavy atom. The van der Waals surface area contributed by atoms with Crippen LogP contribution in [0.3, 0.4) is 0 Å². The van der Waals surface area contributed by atoms with Crippen molar-refractivity contribution in [3.8, 4) is 0 Å². The maximum absolute atomic E-state index is 11.9. The van der Waals surface area contributed by atoms with E-state index < -0.39 is 11.5 Å². The highest BCUT2D eigenvalue weighted by Gasteiger charge is 2.41. The minimum Gasteiger partial charge on any atom is -0.480 e.